The molecule has 1 aromatic rings. The first-order chi connectivity index (χ1) is 7.35. The molecule has 1 aliphatic heterocycles. The van der Waals surface area contributed by atoms with Crippen LogP contribution in [0.2, 0.25) is 0 Å². The minimum Gasteiger partial charge on any atom is -0.396 e. The lowest BCUT2D eigenvalue weighted by Gasteiger charge is -2.27. The van der Waals surface area contributed by atoms with Crippen LogP contribution in [0.5, 0.6) is 0 Å². The van der Waals surface area contributed by atoms with Crippen LogP contribution in [-0.2, 0) is 6.42 Å². The number of aliphatic hydroxyl groups is 1. The van der Waals surface area contributed by atoms with E-state index in [9.17, 15) is 0 Å². The van der Waals surface area contributed by atoms with Crippen LogP contribution in [0.15, 0.2) is 30.3 Å². The van der Waals surface area contributed by atoms with Crippen LogP contribution < -0.4 is 5.32 Å². The minimum absolute atomic E-state index is 0.288. The molecule has 0 amide bonds. The van der Waals surface area contributed by atoms with E-state index in [-0.39, 0.29) is 5.41 Å². The summed E-state index contributed by atoms with van der Waals surface area (Å²) in [6.07, 6.45) is 3.18. The average Bonchev–Trinajstić information content (AvgIpc) is 2.69. The first-order valence-electron chi connectivity index (χ1n) is 5.70. The maximum Gasteiger partial charge on any atom is 0.0436 e. The molecule has 15 heavy (non-hydrogen) atoms. The van der Waals surface area contributed by atoms with Gasteiger partial charge in [0.25, 0.3) is 0 Å². The predicted molar refractivity (Wildman–Crippen MR) is 61.8 cm³/mol. The molecule has 1 unspecified atom stereocenters. The molecule has 2 nitrogen and oxygen atoms in total. The van der Waals surface area contributed by atoms with Gasteiger partial charge in [-0.05, 0) is 36.8 Å². The highest BCUT2D eigenvalue weighted by molar-refractivity contribution is 5.17. The Hall–Kier alpha value is -0.860. The summed E-state index contributed by atoms with van der Waals surface area (Å²) in [5, 5.41) is 12.5. The van der Waals surface area contributed by atoms with E-state index < -0.39 is 0 Å². The van der Waals surface area contributed by atoms with Crippen molar-refractivity contribution in [3.8, 4) is 0 Å². The van der Waals surface area contributed by atoms with Gasteiger partial charge in [0.15, 0.2) is 0 Å². The fourth-order valence-corrected chi connectivity index (χ4v) is 2.51. The van der Waals surface area contributed by atoms with Gasteiger partial charge in [-0.1, -0.05) is 30.3 Å². The zero-order chi connectivity index (χ0) is 10.6. The summed E-state index contributed by atoms with van der Waals surface area (Å²) < 4.78 is 0. The quantitative estimate of drug-likeness (QED) is 0.782. The number of aliphatic hydroxyl groups excluding tert-OH is 1. The Bertz CT molecular complexity index is 291. The Balaban J connectivity index is 2.07. The van der Waals surface area contributed by atoms with Gasteiger partial charge in [-0.25, -0.2) is 0 Å². The predicted octanol–water partition coefficient (Wildman–Crippen LogP) is 1.59. The molecule has 1 aromatic carbocycles. The van der Waals surface area contributed by atoms with Crippen molar-refractivity contribution in [2.75, 3.05) is 19.7 Å². The van der Waals surface area contributed by atoms with Gasteiger partial charge >= 0.3 is 0 Å². The summed E-state index contributed by atoms with van der Waals surface area (Å²) in [5.41, 5.74) is 1.67. The third kappa shape index (κ3) is 2.58. The topological polar surface area (TPSA) is 32.3 Å². The maximum atomic E-state index is 9.14. The van der Waals surface area contributed by atoms with Crippen molar-refractivity contribution in [3.05, 3.63) is 35.9 Å². The Morgan fingerprint density at radius 3 is 2.67 bits per heavy atom. The summed E-state index contributed by atoms with van der Waals surface area (Å²) in [5.74, 6) is 0. The Morgan fingerprint density at radius 1 is 1.27 bits per heavy atom. The molecule has 2 N–H and O–H groups in total. The van der Waals surface area contributed by atoms with E-state index in [0.717, 1.165) is 25.9 Å². The van der Waals surface area contributed by atoms with E-state index in [4.69, 9.17) is 5.11 Å². The molecule has 0 spiro atoms. The first kappa shape index (κ1) is 10.7. The molecule has 0 aromatic heterocycles. The molecule has 0 radical (unpaired) electrons. The van der Waals surface area contributed by atoms with E-state index in [1.54, 1.807) is 0 Å². The number of rotatable bonds is 4. The largest absolute Gasteiger partial charge is 0.396 e. The maximum absolute atomic E-state index is 9.14. The lowest BCUT2D eigenvalue weighted by Crippen LogP contribution is -2.27. The van der Waals surface area contributed by atoms with Crippen molar-refractivity contribution in [3.63, 3.8) is 0 Å². The van der Waals surface area contributed by atoms with Gasteiger partial charge in [-0.3, -0.25) is 0 Å². The molecule has 0 aliphatic carbocycles. The number of hydrogen-bond acceptors (Lipinski definition) is 2. The molecule has 2 rings (SSSR count). The van der Waals surface area contributed by atoms with Crippen molar-refractivity contribution in [1.29, 1.82) is 0 Å². The van der Waals surface area contributed by atoms with Crippen LogP contribution in [0, 0.1) is 5.41 Å². The summed E-state index contributed by atoms with van der Waals surface area (Å²) in [6, 6.07) is 10.6. The van der Waals surface area contributed by atoms with Gasteiger partial charge in [-0.15, -0.1) is 0 Å². The molecule has 1 heterocycles. The highest BCUT2D eigenvalue weighted by Crippen LogP contribution is 2.33. The molecule has 1 aliphatic rings. The van der Waals surface area contributed by atoms with Gasteiger partial charge in [-0.2, -0.15) is 0 Å². The van der Waals surface area contributed by atoms with Gasteiger partial charge in [0.1, 0.15) is 0 Å². The molecule has 0 saturated carbocycles. The number of benzene rings is 1. The fourth-order valence-electron chi connectivity index (χ4n) is 2.51. The highest BCUT2D eigenvalue weighted by Gasteiger charge is 2.33. The van der Waals surface area contributed by atoms with E-state index in [1.807, 2.05) is 0 Å². The van der Waals surface area contributed by atoms with E-state index in [0.29, 0.717) is 6.61 Å². The lowest BCUT2D eigenvalue weighted by atomic mass is 9.78. The molecule has 1 saturated heterocycles. The summed E-state index contributed by atoms with van der Waals surface area (Å²) in [7, 11) is 0. The van der Waals surface area contributed by atoms with Crippen LogP contribution in [0.25, 0.3) is 0 Å². The number of nitrogens with one attached hydrogen (secondary N) is 1. The third-order valence-electron chi connectivity index (χ3n) is 3.40. The van der Waals surface area contributed by atoms with Crippen molar-refractivity contribution in [1.82, 2.24) is 5.32 Å². The molecule has 1 fully saturated rings. The van der Waals surface area contributed by atoms with Crippen LogP contribution in [0.1, 0.15) is 18.4 Å². The Morgan fingerprint density at radius 2 is 2.07 bits per heavy atom. The van der Waals surface area contributed by atoms with E-state index in [2.05, 4.69) is 35.6 Å². The number of hydrogen-bond donors (Lipinski definition) is 2. The van der Waals surface area contributed by atoms with Crippen LogP contribution in [-0.4, -0.2) is 24.8 Å². The van der Waals surface area contributed by atoms with Crippen molar-refractivity contribution < 1.29 is 5.11 Å². The first-order valence-corrected chi connectivity index (χ1v) is 5.70. The summed E-state index contributed by atoms with van der Waals surface area (Å²) in [6.45, 7) is 2.43. The zero-order valence-corrected chi connectivity index (χ0v) is 9.08. The van der Waals surface area contributed by atoms with E-state index >= 15 is 0 Å². The van der Waals surface area contributed by atoms with Crippen molar-refractivity contribution in [2.24, 2.45) is 5.41 Å². The minimum atomic E-state index is 0.288. The Kier molecular flexibility index (Phi) is 3.39. The molecule has 0 bridgehead atoms. The molecule has 2 heteroatoms. The second kappa shape index (κ2) is 4.77. The molecular formula is C13H19NO. The van der Waals surface area contributed by atoms with Gasteiger partial charge < -0.3 is 10.4 Å². The van der Waals surface area contributed by atoms with Gasteiger partial charge in [0, 0.05) is 13.2 Å². The van der Waals surface area contributed by atoms with Crippen molar-refractivity contribution in [2.45, 2.75) is 19.3 Å². The van der Waals surface area contributed by atoms with E-state index in [1.165, 1.54) is 12.0 Å². The fraction of sp³-hybridized carbons (Fsp3) is 0.538. The standard InChI is InChI=1S/C13H19NO/c15-9-7-13(6-8-14-11-13)10-12-4-2-1-3-5-12/h1-5,14-15H,6-11H2. The average molecular weight is 205 g/mol. The van der Waals surface area contributed by atoms with Crippen LogP contribution >= 0.6 is 0 Å². The second-order valence-electron chi connectivity index (χ2n) is 4.56. The second-order valence-corrected chi connectivity index (χ2v) is 4.56. The van der Waals surface area contributed by atoms with Crippen molar-refractivity contribution >= 4 is 0 Å². The SMILES string of the molecule is OCCC1(Cc2ccccc2)CCNC1. The summed E-state index contributed by atoms with van der Waals surface area (Å²) >= 11 is 0. The third-order valence-corrected chi connectivity index (χ3v) is 3.40. The normalized spacial score (nSPS) is 25.7. The molecule has 82 valence electrons. The van der Waals surface area contributed by atoms with Gasteiger partial charge in [0.05, 0.1) is 0 Å². The lowest BCUT2D eigenvalue weighted by molar-refractivity contribution is 0.195. The summed E-state index contributed by atoms with van der Waals surface area (Å²) in [4.78, 5) is 0. The smallest absolute Gasteiger partial charge is 0.0436 e. The highest BCUT2D eigenvalue weighted by atomic mass is 16.3. The van der Waals surface area contributed by atoms with Gasteiger partial charge in [0.2, 0.25) is 0 Å². The zero-order valence-electron chi connectivity index (χ0n) is 9.08. The monoisotopic (exact) mass is 205 g/mol. The van der Waals surface area contributed by atoms with Crippen LogP contribution in [0.4, 0.5) is 0 Å². The molecular weight excluding hydrogens is 186 g/mol. The Labute approximate surface area is 91.3 Å². The van der Waals surface area contributed by atoms with Crippen LogP contribution in [0.3, 0.4) is 0 Å². The molecule has 1 atom stereocenters.